The number of amides is 1. The van der Waals surface area contributed by atoms with E-state index in [1.807, 2.05) is 27.8 Å². The van der Waals surface area contributed by atoms with Gasteiger partial charge in [-0.05, 0) is 42.5 Å². The Hall–Kier alpha value is -2.18. The van der Waals surface area contributed by atoms with Gasteiger partial charge in [0, 0.05) is 37.2 Å². The van der Waals surface area contributed by atoms with E-state index in [-0.39, 0.29) is 5.91 Å². The molecule has 1 aromatic carbocycles. The molecule has 0 radical (unpaired) electrons. The highest BCUT2D eigenvalue weighted by atomic mass is 32.1. The molecule has 0 atom stereocenters. The van der Waals surface area contributed by atoms with Crippen molar-refractivity contribution in [1.82, 2.24) is 9.88 Å². The van der Waals surface area contributed by atoms with Gasteiger partial charge in [0.05, 0.1) is 4.88 Å². The molecule has 2 aromatic heterocycles. The Labute approximate surface area is 161 Å². The molecular weight excluding hydrogens is 362 g/mol. The van der Waals surface area contributed by atoms with Crippen molar-refractivity contribution in [2.75, 3.05) is 31.1 Å². The van der Waals surface area contributed by atoms with Gasteiger partial charge in [-0.1, -0.05) is 18.2 Å². The van der Waals surface area contributed by atoms with Crippen LogP contribution in [-0.4, -0.2) is 42.0 Å². The molecule has 3 aromatic rings. The lowest BCUT2D eigenvalue weighted by Crippen LogP contribution is -2.49. The smallest absolute Gasteiger partial charge is 0.273 e. The fraction of sp³-hybridized carbons (Fsp3) is 0.300. The molecule has 4 rings (SSSR count). The topological polar surface area (TPSA) is 36.4 Å². The molecule has 134 valence electrons. The Morgan fingerprint density at radius 2 is 1.88 bits per heavy atom. The van der Waals surface area contributed by atoms with Crippen molar-refractivity contribution in [3.8, 4) is 9.88 Å². The third kappa shape index (κ3) is 3.39. The number of rotatable bonds is 3. The maximum atomic E-state index is 12.8. The lowest BCUT2D eigenvalue weighted by atomic mass is 10.1. The number of aryl methyl sites for hydroxylation is 2. The van der Waals surface area contributed by atoms with E-state index < -0.39 is 0 Å². The van der Waals surface area contributed by atoms with E-state index in [2.05, 4.69) is 41.9 Å². The number of hydrogen-bond donors (Lipinski definition) is 0. The van der Waals surface area contributed by atoms with Crippen LogP contribution in [0.1, 0.15) is 21.6 Å². The summed E-state index contributed by atoms with van der Waals surface area (Å²) in [6.07, 6.45) is 0. The van der Waals surface area contributed by atoms with Crippen LogP contribution in [0.2, 0.25) is 0 Å². The Bertz CT molecular complexity index is 909. The molecule has 0 aliphatic carbocycles. The van der Waals surface area contributed by atoms with Crippen LogP contribution in [-0.2, 0) is 0 Å². The predicted octanol–water partition coefficient (Wildman–Crippen LogP) is 4.45. The van der Waals surface area contributed by atoms with Crippen molar-refractivity contribution in [2.45, 2.75) is 13.8 Å². The number of nitrogens with zero attached hydrogens (tertiary/aromatic N) is 3. The van der Waals surface area contributed by atoms with Gasteiger partial charge in [-0.3, -0.25) is 4.79 Å². The zero-order chi connectivity index (χ0) is 18.1. The van der Waals surface area contributed by atoms with Crippen LogP contribution < -0.4 is 4.90 Å². The number of piperazine rings is 1. The predicted molar refractivity (Wildman–Crippen MR) is 109 cm³/mol. The summed E-state index contributed by atoms with van der Waals surface area (Å²) in [5.74, 6) is 0.0460. The highest BCUT2D eigenvalue weighted by molar-refractivity contribution is 7.20. The maximum Gasteiger partial charge on any atom is 0.273 e. The first-order chi connectivity index (χ1) is 12.6. The molecule has 1 saturated heterocycles. The normalized spacial score (nSPS) is 14.7. The van der Waals surface area contributed by atoms with Crippen LogP contribution >= 0.6 is 22.7 Å². The summed E-state index contributed by atoms with van der Waals surface area (Å²) in [6.45, 7) is 7.45. The molecule has 26 heavy (non-hydrogen) atoms. The zero-order valence-electron chi connectivity index (χ0n) is 14.9. The van der Waals surface area contributed by atoms with Crippen LogP contribution in [0.5, 0.6) is 0 Å². The van der Waals surface area contributed by atoms with Crippen LogP contribution in [0.25, 0.3) is 9.88 Å². The first-order valence-corrected chi connectivity index (χ1v) is 10.5. The Morgan fingerprint density at radius 1 is 1.08 bits per heavy atom. The Morgan fingerprint density at radius 3 is 2.62 bits per heavy atom. The highest BCUT2D eigenvalue weighted by Gasteiger charge is 2.24. The van der Waals surface area contributed by atoms with E-state index in [4.69, 9.17) is 0 Å². The van der Waals surface area contributed by atoms with Crippen LogP contribution in [0.3, 0.4) is 0 Å². The minimum atomic E-state index is 0.0460. The van der Waals surface area contributed by atoms with Gasteiger partial charge in [-0.2, -0.15) is 0 Å². The first kappa shape index (κ1) is 17.2. The molecule has 0 bridgehead atoms. The van der Waals surface area contributed by atoms with Crippen LogP contribution in [0.4, 0.5) is 5.69 Å². The number of thiophene rings is 1. The third-order valence-electron chi connectivity index (χ3n) is 4.73. The van der Waals surface area contributed by atoms with Crippen molar-refractivity contribution in [3.05, 3.63) is 57.9 Å². The third-order valence-corrected chi connectivity index (χ3v) is 6.61. The van der Waals surface area contributed by atoms with Gasteiger partial charge in [0.2, 0.25) is 0 Å². The molecule has 1 aliphatic rings. The average Bonchev–Trinajstić information content (AvgIpc) is 3.35. The fourth-order valence-corrected chi connectivity index (χ4v) is 4.87. The molecule has 1 aliphatic heterocycles. The van der Waals surface area contributed by atoms with E-state index in [1.54, 1.807) is 22.7 Å². The van der Waals surface area contributed by atoms with E-state index in [1.165, 1.54) is 16.8 Å². The van der Waals surface area contributed by atoms with Gasteiger partial charge in [0.15, 0.2) is 0 Å². The van der Waals surface area contributed by atoms with Crippen LogP contribution in [0.15, 0.2) is 41.1 Å². The zero-order valence-corrected chi connectivity index (χ0v) is 16.6. The molecule has 0 saturated carbocycles. The van der Waals surface area contributed by atoms with Crippen molar-refractivity contribution >= 4 is 34.3 Å². The van der Waals surface area contributed by atoms with Gasteiger partial charge < -0.3 is 9.80 Å². The number of hydrogen-bond acceptors (Lipinski definition) is 5. The van der Waals surface area contributed by atoms with E-state index in [0.29, 0.717) is 5.69 Å². The minimum Gasteiger partial charge on any atom is -0.368 e. The monoisotopic (exact) mass is 383 g/mol. The molecule has 6 heteroatoms. The summed E-state index contributed by atoms with van der Waals surface area (Å²) >= 11 is 3.20. The van der Waals surface area contributed by atoms with Crippen LogP contribution in [0, 0.1) is 13.8 Å². The lowest BCUT2D eigenvalue weighted by Gasteiger charge is -2.36. The lowest BCUT2D eigenvalue weighted by molar-refractivity contribution is 0.0742. The largest absolute Gasteiger partial charge is 0.368 e. The van der Waals surface area contributed by atoms with Gasteiger partial charge in [-0.25, -0.2) is 4.98 Å². The van der Waals surface area contributed by atoms with Gasteiger partial charge in [0.1, 0.15) is 10.7 Å². The summed E-state index contributed by atoms with van der Waals surface area (Å²) in [4.78, 5) is 22.8. The van der Waals surface area contributed by atoms with Crippen molar-refractivity contribution in [2.24, 2.45) is 0 Å². The molecule has 0 N–H and O–H groups in total. The van der Waals surface area contributed by atoms with Gasteiger partial charge in [-0.15, -0.1) is 22.7 Å². The average molecular weight is 384 g/mol. The van der Waals surface area contributed by atoms with E-state index in [9.17, 15) is 4.79 Å². The van der Waals surface area contributed by atoms with Gasteiger partial charge in [0.25, 0.3) is 5.91 Å². The Balaban J connectivity index is 1.43. The summed E-state index contributed by atoms with van der Waals surface area (Å²) in [5, 5.41) is 4.84. The summed E-state index contributed by atoms with van der Waals surface area (Å²) in [5.41, 5.74) is 4.41. The summed E-state index contributed by atoms with van der Waals surface area (Å²) in [7, 11) is 0. The van der Waals surface area contributed by atoms with E-state index in [0.717, 1.165) is 36.1 Å². The summed E-state index contributed by atoms with van der Waals surface area (Å²) in [6, 6.07) is 10.6. The van der Waals surface area contributed by atoms with E-state index >= 15 is 0 Å². The highest BCUT2D eigenvalue weighted by Crippen LogP contribution is 2.28. The number of carbonyl (C=O) groups excluding carboxylic acids is 1. The second-order valence-corrected chi connectivity index (χ2v) is 8.39. The second-order valence-electron chi connectivity index (χ2n) is 6.58. The second kappa shape index (κ2) is 7.21. The number of thiazole rings is 1. The fourth-order valence-electron chi connectivity index (χ4n) is 3.26. The molecule has 1 amide bonds. The minimum absolute atomic E-state index is 0.0460. The number of anilines is 1. The van der Waals surface area contributed by atoms with Gasteiger partial charge >= 0.3 is 0 Å². The van der Waals surface area contributed by atoms with Crippen molar-refractivity contribution in [1.29, 1.82) is 0 Å². The Kier molecular flexibility index (Phi) is 4.78. The number of carbonyl (C=O) groups is 1. The van der Waals surface area contributed by atoms with Crippen molar-refractivity contribution < 1.29 is 4.79 Å². The van der Waals surface area contributed by atoms with Crippen molar-refractivity contribution in [3.63, 3.8) is 0 Å². The molecule has 0 unspecified atom stereocenters. The molecular formula is C20H21N3OS2. The number of aromatic nitrogens is 1. The first-order valence-electron chi connectivity index (χ1n) is 8.73. The number of benzene rings is 1. The maximum absolute atomic E-state index is 12.8. The molecule has 4 nitrogen and oxygen atoms in total. The standard InChI is InChI=1S/C20H21N3OS2/c1-14-5-6-15(2)17(12-14)22-7-9-23(10-8-22)20(24)16-13-26-19(21-16)18-4-3-11-25-18/h3-6,11-13H,7-10H2,1-2H3. The molecule has 3 heterocycles. The molecule has 0 spiro atoms. The SMILES string of the molecule is Cc1ccc(C)c(N2CCN(C(=O)c3csc(-c4cccs4)n3)CC2)c1. The quantitative estimate of drug-likeness (QED) is 0.670. The summed E-state index contributed by atoms with van der Waals surface area (Å²) < 4.78 is 0. The molecule has 1 fully saturated rings.